The van der Waals surface area contributed by atoms with Crippen molar-refractivity contribution in [2.45, 2.75) is 45.1 Å². The Morgan fingerprint density at radius 3 is 2.61 bits per heavy atom. The second-order valence-electron chi connectivity index (χ2n) is 6.22. The molecule has 0 N–H and O–H groups in total. The van der Waals surface area contributed by atoms with Gasteiger partial charge in [0.25, 0.3) is 0 Å². The molecule has 0 bridgehead atoms. The molecule has 0 aromatic heterocycles. The summed E-state index contributed by atoms with van der Waals surface area (Å²) < 4.78 is 5.42. The van der Waals surface area contributed by atoms with Crippen LogP contribution >= 0.6 is 0 Å². The number of rotatable bonds is 3. The Labute approximate surface area is 111 Å². The highest BCUT2D eigenvalue weighted by Gasteiger charge is 2.32. The summed E-state index contributed by atoms with van der Waals surface area (Å²) in [7, 11) is 2.21. The van der Waals surface area contributed by atoms with Crippen LogP contribution in [0.5, 0.6) is 0 Å². The largest absolute Gasteiger partial charge is 0.381 e. The molecule has 0 aromatic carbocycles. The molecule has 1 saturated carbocycles. The minimum Gasteiger partial charge on any atom is -0.381 e. The van der Waals surface area contributed by atoms with Crippen molar-refractivity contribution in [2.24, 2.45) is 17.8 Å². The predicted octanol–water partition coefficient (Wildman–Crippen LogP) is 2.67. The van der Waals surface area contributed by atoms with E-state index in [-0.39, 0.29) is 5.92 Å². The normalized spacial score (nSPS) is 34.4. The zero-order chi connectivity index (χ0) is 13.0. The van der Waals surface area contributed by atoms with Crippen LogP contribution in [0.1, 0.15) is 39.0 Å². The number of hydrogen-bond donors (Lipinski definition) is 0. The minimum atomic E-state index is 0.242. The van der Waals surface area contributed by atoms with Gasteiger partial charge in [-0.3, -0.25) is 0 Å². The third-order valence-electron chi connectivity index (χ3n) is 4.70. The molecule has 1 heterocycles. The third-order valence-corrected chi connectivity index (χ3v) is 4.70. The zero-order valence-electron chi connectivity index (χ0n) is 11.8. The van der Waals surface area contributed by atoms with Crippen LogP contribution in [-0.4, -0.2) is 37.7 Å². The molecule has 18 heavy (non-hydrogen) atoms. The van der Waals surface area contributed by atoms with Gasteiger partial charge < -0.3 is 9.64 Å². The van der Waals surface area contributed by atoms with Crippen molar-refractivity contribution in [1.82, 2.24) is 4.90 Å². The molecule has 2 rings (SSSR count). The monoisotopic (exact) mass is 250 g/mol. The first-order valence-corrected chi connectivity index (χ1v) is 7.38. The van der Waals surface area contributed by atoms with Gasteiger partial charge in [0.15, 0.2) is 0 Å². The molecular weight excluding hydrogens is 224 g/mol. The van der Waals surface area contributed by atoms with Gasteiger partial charge in [-0.05, 0) is 51.0 Å². The molecular formula is C15H26N2O. The number of nitrogens with zero attached hydrogens (tertiary/aromatic N) is 2. The average molecular weight is 250 g/mol. The summed E-state index contributed by atoms with van der Waals surface area (Å²) >= 11 is 0. The Morgan fingerprint density at radius 1 is 1.22 bits per heavy atom. The maximum absolute atomic E-state index is 9.31. The summed E-state index contributed by atoms with van der Waals surface area (Å²) in [5.41, 5.74) is 0. The first-order valence-electron chi connectivity index (χ1n) is 7.38. The highest BCUT2D eigenvalue weighted by Crippen LogP contribution is 2.32. The Kier molecular flexibility index (Phi) is 5.03. The maximum atomic E-state index is 9.31. The van der Waals surface area contributed by atoms with Crippen molar-refractivity contribution in [3.63, 3.8) is 0 Å². The van der Waals surface area contributed by atoms with Crippen molar-refractivity contribution in [3.05, 3.63) is 0 Å². The highest BCUT2D eigenvalue weighted by atomic mass is 16.5. The van der Waals surface area contributed by atoms with Crippen LogP contribution in [0.2, 0.25) is 0 Å². The predicted molar refractivity (Wildman–Crippen MR) is 72.1 cm³/mol. The number of nitriles is 1. The Hall–Kier alpha value is -0.590. The molecule has 2 fully saturated rings. The fourth-order valence-electron chi connectivity index (χ4n) is 3.46. The quantitative estimate of drug-likeness (QED) is 0.772. The number of hydrogen-bond acceptors (Lipinski definition) is 3. The molecule has 0 spiro atoms. The van der Waals surface area contributed by atoms with Crippen LogP contribution in [0.25, 0.3) is 0 Å². The van der Waals surface area contributed by atoms with Gasteiger partial charge >= 0.3 is 0 Å². The van der Waals surface area contributed by atoms with E-state index in [2.05, 4.69) is 24.9 Å². The van der Waals surface area contributed by atoms with Crippen LogP contribution in [0, 0.1) is 29.1 Å². The van der Waals surface area contributed by atoms with Crippen LogP contribution in [0.3, 0.4) is 0 Å². The SMILES string of the molecule is CC1CCC(C#N)C(N(C)CC2CCOCC2)C1. The molecule has 0 radical (unpaired) electrons. The van der Waals surface area contributed by atoms with E-state index in [4.69, 9.17) is 4.74 Å². The van der Waals surface area contributed by atoms with Crippen LogP contribution in [0.4, 0.5) is 0 Å². The van der Waals surface area contributed by atoms with Crippen molar-refractivity contribution in [2.75, 3.05) is 26.8 Å². The van der Waals surface area contributed by atoms with Gasteiger partial charge in [0.2, 0.25) is 0 Å². The van der Waals surface area contributed by atoms with E-state index in [1.807, 2.05) is 0 Å². The van der Waals surface area contributed by atoms with Crippen LogP contribution < -0.4 is 0 Å². The van der Waals surface area contributed by atoms with Crippen LogP contribution in [0.15, 0.2) is 0 Å². The number of ether oxygens (including phenoxy) is 1. The molecule has 3 atom stereocenters. The molecule has 3 unspecified atom stereocenters. The van der Waals surface area contributed by atoms with Gasteiger partial charge in [0, 0.05) is 25.8 Å². The van der Waals surface area contributed by atoms with Crippen molar-refractivity contribution < 1.29 is 4.74 Å². The standard InChI is InChI=1S/C15H26N2O/c1-12-3-4-14(10-16)15(9-12)17(2)11-13-5-7-18-8-6-13/h12-15H,3-9,11H2,1-2H3. The first kappa shape index (κ1) is 13.8. The van der Waals surface area contributed by atoms with E-state index in [1.54, 1.807) is 0 Å². The van der Waals surface area contributed by atoms with Gasteiger partial charge in [0.05, 0.1) is 12.0 Å². The van der Waals surface area contributed by atoms with Gasteiger partial charge in [-0.25, -0.2) is 0 Å². The van der Waals surface area contributed by atoms with E-state index in [9.17, 15) is 5.26 Å². The summed E-state index contributed by atoms with van der Waals surface area (Å²) in [5, 5.41) is 9.31. The Balaban J connectivity index is 1.89. The molecule has 1 saturated heterocycles. The molecule has 0 amide bonds. The average Bonchev–Trinajstić information content (AvgIpc) is 2.40. The van der Waals surface area contributed by atoms with Crippen LogP contribution in [-0.2, 0) is 4.74 Å². The fraction of sp³-hybridized carbons (Fsp3) is 0.933. The fourth-order valence-corrected chi connectivity index (χ4v) is 3.46. The molecule has 3 heteroatoms. The lowest BCUT2D eigenvalue weighted by molar-refractivity contribution is 0.0402. The van der Waals surface area contributed by atoms with Gasteiger partial charge in [-0.15, -0.1) is 0 Å². The lowest BCUT2D eigenvalue weighted by atomic mass is 9.79. The Bertz CT molecular complexity index is 293. The lowest BCUT2D eigenvalue weighted by Crippen LogP contribution is -2.44. The summed E-state index contributed by atoms with van der Waals surface area (Å²) in [6.45, 7) is 5.30. The smallest absolute Gasteiger partial charge is 0.0672 e. The van der Waals surface area contributed by atoms with Crippen molar-refractivity contribution in [3.8, 4) is 6.07 Å². The second kappa shape index (κ2) is 6.54. The van der Waals surface area contributed by atoms with Gasteiger partial charge in [0.1, 0.15) is 0 Å². The molecule has 0 aromatic rings. The molecule has 1 aliphatic carbocycles. The molecule has 1 aliphatic heterocycles. The van der Waals surface area contributed by atoms with Crippen molar-refractivity contribution in [1.29, 1.82) is 5.26 Å². The molecule has 3 nitrogen and oxygen atoms in total. The zero-order valence-corrected chi connectivity index (χ0v) is 11.8. The minimum absolute atomic E-state index is 0.242. The van der Waals surface area contributed by atoms with E-state index in [0.29, 0.717) is 6.04 Å². The van der Waals surface area contributed by atoms with Gasteiger partial charge in [-0.2, -0.15) is 5.26 Å². The lowest BCUT2D eigenvalue weighted by Gasteiger charge is -2.39. The van der Waals surface area contributed by atoms with E-state index < -0.39 is 0 Å². The summed E-state index contributed by atoms with van der Waals surface area (Å²) in [5.74, 6) is 1.78. The summed E-state index contributed by atoms with van der Waals surface area (Å²) in [6.07, 6.45) is 5.87. The summed E-state index contributed by atoms with van der Waals surface area (Å²) in [6, 6.07) is 3.00. The molecule has 102 valence electrons. The summed E-state index contributed by atoms with van der Waals surface area (Å²) in [4.78, 5) is 2.46. The molecule has 2 aliphatic rings. The first-order chi connectivity index (χ1) is 8.70. The van der Waals surface area contributed by atoms with Gasteiger partial charge in [-0.1, -0.05) is 6.92 Å². The Morgan fingerprint density at radius 2 is 1.94 bits per heavy atom. The van der Waals surface area contributed by atoms with Crippen molar-refractivity contribution >= 4 is 0 Å². The van der Waals surface area contributed by atoms with E-state index in [0.717, 1.165) is 38.0 Å². The second-order valence-corrected chi connectivity index (χ2v) is 6.22. The topological polar surface area (TPSA) is 36.3 Å². The van der Waals surface area contributed by atoms with E-state index >= 15 is 0 Å². The maximum Gasteiger partial charge on any atom is 0.0672 e. The van der Waals surface area contributed by atoms with E-state index in [1.165, 1.54) is 25.7 Å². The highest BCUT2D eigenvalue weighted by molar-refractivity contribution is 4.96. The third kappa shape index (κ3) is 3.46.